The van der Waals surface area contributed by atoms with Gasteiger partial charge in [-0.15, -0.1) is 0 Å². The van der Waals surface area contributed by atoms with E-state index in [0.29, 0.717) is 5.22 Å². The van der Waals surface area contributed by atoms with E-state index in [1.807, 2.05) is 6.92 Å². The fourth-order valence-corrected chi connectivity index (χ4v) is 2.26. The maximum atomic E-state index is 5.96. The largest absolute Gasteiger partial charge is 0.439 e. The zero-order valence-electron chi connectivity index (χ0n) is 10.0. The molecule has 90 valence electrons. The van der Waals surface area contributed by atoms with Gasteiger partial charge in [-0.2, -0.15) is 0 Å². The highest BCUT2D eigenvalue weighted by Crippen LogP contribution is 2.27. The highest BCUT2D eigenvalue weighted by molar-refractivity contribution is 7.99. The monoisotopic (exact) mass is 248 g/mol. The fraction of sp³-hybridized carbons (Fsp3) is 0.308. The number of rotatable bonds is 4. The third kappa shape index (κ3) is 3.11. The Hall–Kier alpha value is -1.26. The Labute approximate surface area is 105 Å². The van der Waals surface area contributed by atoms with Crippen LogP contribution in [0.1, 0.15) is 30.6 Å². The average molecular weight is 248 g/mol. The van der Waals surface area contributed by atoms with Crippen molar-refractivity contribution in [3.05, 3.63) is 41.8 Å². The highest BCUT2D eigenvalue weighted by Gasteiger charge is 2.06. The van der Waals surface area contributed by atoms with Crippen LogP contribution in [0, 0.1) is 6.92 Å². The first-order valence-corrected chi connectivity index (χ1v) is 6.46. The van der Waals surface area contributed by atoms with E-state index in [9.17, 15) is 0 Å². The van der Waals surface area contributed by atoms with Crippen LogP contribution in [0.15, 0.2) is 45.1 Å². The molecule has 0 amide bonds. The molecule has 0 radical (unpaired) electrons. The summed E-state index contributed by atoms with van der Waals surface area (Å²) in [5.41, 5.74) is 8.03. The van der Waals surface area contributed by atoms with E-state index in [1.54, 1.807) is 6.26 Å². The van der Waals surface area contributed by atoms with Crippen molar-refractivity contribution in [2.45, 2.75) is 36.4 Å². The molecule has 4 heteroatoms. The number of benzene rings is 1. The van der Waals surface area contributed by atoms with Crippen molar-refractivity contribution in [1.82, 2.24) is 4.98 Å². The lowest BCUT2D eigenvalue weighted by molar-refractivity contribution is 0.454. The van der Waals surface area contributed by atoms with Gasteiger partial charge in [-0.25, -0.2) is 4.98 Å². The second-order valence-corrected chi connectivity index (χ2v) is 4.97. The molecule has 0 saturated carbocycles. The molecular weight excluding hydrogens is 232 g/mol. The molecule has 0 aliphatic heterocycles. The Morgan fingerprint density at radius 3 is 2.59 bits per heavy atom. The molecule has 0 aliphatic carbocycles. The maximum absolute atomic E-state index is 5.96. The average Bonchev–Trinajstić information content (AvgIpc) is 2.75. The number of aryl methyl sites for hydroxylation is 1. The number of aromatic nitrogens is 1. The summed E-state index contributed by atoms with van der Waals surface area (Å²) in [6.45, 7) is 4.00. The van der Waals surface area contributed by atoms with Crippen molar-refractivity contribution in [2.24, 2.45) is 5.73 Å². The lowest BCUT2D eigenvalue weighted by Crippen LogP contribution is -2.07. The molecule has 1 heterocycles. The third-order valence-electron chi connectivity index (χ3n) is 2.55. The van der Waals surface area contributed by atoms with Crippen LogP contribution in [0.5, 0.6) is 0 Å². The fourth-order valence-electron chi connectivity index (χ4n) is 1.50. The Morgan fingerprint density at radius 2 is 2.06 bits per heavy atom. The van der Waals surface area contributed by atoms with E-state index in [1.165, 1.54) is 17.3 Å². The molecule has 1 unspecified atom stereocenters. The van der Waals surface area contributed by atoms with Crippen LogP contribution in [0.25, 0.3) is 0 Å². The summed E-state index contributed by atoms with van der Waals surface area (Å²) >= 11 is 1.52. The Bertz CT molecular complexity index is 478. The van der Waals surface area contributed by atoms with Gasteiger partial charge in [-0.05, 0) is 42.8 Å². The van der Waals surface area contributed by atoms with E-state index in [4.69, 9.17) is 10.2 Å². The van der Waals surface area contributed by atoms with Crippen LogP contribution in [0.3, 0.4) is 0 Å². The molecule has 2 N–H and O–H groups in total. The summed E-state index contributed by atoms with van der Waals surface area (Å²) in [7, 11) is 0. The predicted molar refractivity (Wildman–Crippen MR) is 69.0 cm³/mol. The molecule has 0 saturated heterocycles. The SMILES string of the molecule is CCC(N)c1ccc(Sc2nc(C)co2)cc1. The zero-order chi connectivity index (χ0) is 12.3. The molecular formula is C13H16N2OS. The normalized spacial score (nSPS) is 12.6. The van der Waals surface area contributed by atoms with Crippen LogP contribution >= 0.6 is 11.8 Å². The number of hydrogen-bond acceptors (Lipinski definition) is 4. The third-order valence-corrected chi connectivity index (χ3v) is 3.42. The van der Waals surface area contributed by atoms with Crippen molar-refractivity contribution >= 4 is 11.8 Å². The first kappa shape index (κ1) is 12.2. The minimum atomic E-state index is 0.123. The summed E-state index contributed by atoms with van der Waals surface area (Å²) in [5, 5.41) is 0.676. The number of nitrogens with zero attached hydrogens (tertiary/aromatic N) is 1. The van der Waals surface area contributed by atoms with E-state index in [-0.39, 0.29) is 6.04 Å². The first-order chi connectivity index (χ1) is 8.19. The van der Waals surface area contributed by atoms with Gasteiger partial charge in [0.25, 0.3) is 5.22 Å². The van der Waals surface area contributed by atoms with Crippen molar-refractivity contribution < 1.29 is 4.42 Å². The number of oxazole rings is 1. The zero-order valence-corrected chi connectivity index (χ0v) is 10.8. The molecule has 1 atom stereocenters. The topological polar surface area (TPSA) is 52.0 Å². The minimum Gasteiger partial charge on any atom is -0.439 e. The summed E-state index contributed by atoms with van der Waals surface area (Å²) in [4.78, 5) is 5.36. The molecule has 0 aliphatic rings. The van der Waals surface area contributed by atoms with Crippen molar-refractivity contribution in [3.8, 4) is 0 Å². The van der Waals surface area contributed by atoms with Gasteiger partial charge in [0.1, 0.15) is 6.26 Å². The lowest BCUT2D eigenvalue weighted by atomic mass is 10.1. The second kappa shape index (κ2) is 5.38. The summed E-state index contributed by atoms with van der Waals surface area (Å²) in [6.07, 6.45) is 2.61. The molecule has 3 nitrogen and oxygen atoms in total. The van der Waals surface area contributed by atoms with Crippen LogP contribution in [0.4, 0.5) is 0 Å². The lowest BCUT2D eigenvalue weighted by Gasteiger charge is -2.08. The van der Waals surface area contributed by atoms with Crippen LogP contribution < -0.4 is 5.73 Å². The van der Waals surface area contributed by atoms with Gasteiger partial charge >= 0.3 is 0 Å². The quantitative estimate of drug-likeness (QED) is 0.899. The van der Waals surface area contributed by atoms with Gasteiger partial charge in [-0.3, -0.25) is 0 Å². The van der Waals surface area contributed by atoms with Crippen molar-refractivity contribution in [3.63, 3.8) is 0 Å². The van der Waals surface area contributed by atoms with Gasteiger partial charge in [0.15, 0.2) is 0 Å². The Kier molecular flexibility index (Phi) is 3.86. The molecule has 0 spiro atoms. The molecule has 1 aromatic heterocycles. The van der Waals surface area contributed by atoms with Crippen molar-refractivity contribution in [1.29, 1.82) is 0 Å². The van der Waals surface area contributed by atoms with Crippen molar-refractivity contribution in [2.75, 3.05) is 0 Å². The van der Waals surface area contributed by atoms with E-state index < -0.39 is 0 Å². The molecule has 2 rings (SSSR count). The van der Waals surface area contributed by atoms with Gasteiger partial charge in [0, 0.05) is 10.9 Å². The summed E-state index contributed by atoms with van der Waals surface area (Å²) in [5.74, 6) is 0. The van der Waals surface area contributed by atoms with Gasteiger partial charge in [-0.1, -0.05) is 19.1 Å². The molecule has 0 fully saturated rings. The van der Waals surface area contributed by atoms with E-state index in [0.717, 1.165) is 17.0 Å². The van der Waals surface area contributed by atoms with Crippen LogP contribution in [0.2, 0.25) is 0 Å². The first-order valence-electron chi connectivity index (χ1n) is 5.64. The van der Waals surface area contributed by atoms with Gasteiger partial charge in [0.05, 0.1) is 5.69 Å². The number of nitrogens with two attached hydrogens (primary N) is 1. The van der Waals surface area contributed by atoms with E-state index in [2.05, 4.69) is 36.2 Å². The summed E-state index contributed by atoms with van der Waals surface area (Å²) in [6, 6.07) is 8.35. The second-order valence-electron chi connectivity index (χ2n) is 3.94. The minimum absolute atomic E-state index is 0.123. The van der Waals surface area contributed by atoms with Gasteiger partial charge < -0.3 is 10.2 Å². The standard InChI is InChI=1S/C13H16N2OS/c1-3-12(14)10-4-6-11(7-5-10)17-13-15-9(2)8-16-13/h4-8,12H,3,14H2,1-2H3. The van der Waals surface area contributed by atoms with Crippen LogP contribution in [-0.4, -0.2) is 4.98 Å². The number of hydrogen-bond donors (Lipinski definition) is 1. The molecule has 1 aromatic carbocycles. The molecule has 0 bridgehead atoms. The Morgan fingerprint density at radius 1 is 1.35 bits per heavy atom. The predicted octanol–water partition coefficient (Wildman–Crippen LogP) is 3.54. The van der Waals surface area contributed by atoms with E-state index >= 15 is 0 Å². The molecule has 2 aromatic rings. The molecule has 17 heavy (non-hydrogen) atoms. The van der Waals surface area contributed by atoms with Gasteiger partial charge in [0.2, 0.25) is 0 Å². The highest BCUT2D eigenvalue weighted by atomic mass is 32.2. The van der Waals surface area contributed by atoms with Crippen LogP contribution in [-0.2, 0) is 0 Å². The summed E-state index contributed by atoms with van der Waals surface area (Å²) < 4.78 is 5.29. The maximum Gasteiger partial charge on any atom is 0.260 e. The smallest absolute Gasteiger partial charge is 0.260 e. The Balaban J connectivity index is 2.08.